The maximum Gasteiger partial charge on any atom is 0.0602 e. The van der Waals surface area contributed by atoms with Crippen LogP contribution < -0.4 is 0 Å². The quantitative estimate of drug-likeness (QED) is 0.747. The normalized spacial score (nSPS) is 31.3. The van der Waals surface area contributed by atoms with Gasteiger partial charge in [-0.2, -0.15) is 0 Å². The van der Waals surface area contributed by atoms with Gasteiger partial charge in [-0.05, 0) is 57.8 Å². The molecule has 19 heavy (non-hydrogen) atoms. The first-order chi connectivity index (χ1) is 8.65. The zero-order valence-electron chi connectivity index (χ0n) is 13.8. The minimum absolute atomic E-state index is 0.0194. The van der Waals surface area contributed by atoms with Crippen molar-refractivity contribution in [1.82, 2.24) is 4.90 Å². The second-order valence-electron chi connectivity index (χ2n) is 8.68. The first kappa shape index (κ1) is 15.3. The maximum absolute atomic E-state index is 6.12. The highest BCUT2D eigenvalue weighted by Gasteiger charge is 2.40. The lowest BCUT2D eigenvalue weighted by Gasteiger charge is -2.51. The van der Waals surface area contributed by atoms with Crippen molar-refractivity contribution in [3.63, 3.8) is 0 Å². The molecule has 2 nitrogen and oxygen atoms in total. The summed E-state index contributed by atoms with van der Waals surface area (Å²) >= 11 is 0. The molecular weight excluding hydrogens is 234 g/mol. The van der Waals surface area contributed by atoms with Crippen molar-refractivity contribution in [3.05, 3.63) is 0 Å². The van der Waals surface area contributed by atoms with E-state index in [4.69, 9.17) is 4.74 Å². The number of likely N-dealkylation sites (tertiary alicyclic amines) is 1. The van der Waals surface area contributed by atoms with Crippen molar-refractivity contribution < 1.29 is 4.74 Å². The summed E-state index contributed by atoms with van der Waals surface area (Å²) in [5, 5.41) is 0. The molecule has 1 aliphatic heterocycles. The van der Waals surface area contributed by atoms with Crippen LogP contribution in [0.25, 0.3) is 0 Å². The number of nitrogens with zero attached hydrogens (tertiary/aromatic N) is 1. The van der Waals surface area contributed by atoms with E-state index < -0.39 is 0 Å². The Morgan fingerprint density at radius 3 is 1.79 bits per heavy atom. The van der Waals surface area contributed by atoms with Gasteiger partial charge in [0, 0.05) is 19.1 Å². The lowest BCUT2D eigenvalue weighted by Crippen LogP contribution is -2.57. The van der Waals surface area contributed by atoms with Crippen molar-refractivity contribution >= 4 is 0 Å². The number of hydrogen-bond acceptors (Lipinski definition) is 2. The summed E-state index contributed by atoms with van der Waals surface area (Å²) < 4.78 is 6.12. The average molecular weight is 267 g/mol. The van der Waals surface area contributed by atoms with E-state index in [-0.39, 0.29) is 5.60 Å². The highest BCUT2D eigenvalue weighted by Crippen LogP contribution is 2.38. The van der Waals surface area contributed by atoms with Gasteiger partial charge in [0.2, 0.25) is 0 Å². The van der Waals surface area contributed by atoms with E-state index in [0.29, 0.717) is 11.5 Å². The third-order valence-corrected chi connectivity index (χ3v) is 4.81. The predicted octanol–water partition coefficient (Wildman–Crippen LogP) is 4.09. The standard InChI is InChI=1S/C17H33NO/c1-16(2,3)13-11-18(12-13)14-7-9-15(10-8-14)19-17(4,5)6/h13-15H,7-12H2,1-6H3. The van der Waals surface area contributed by atoms with E-state index in [1.807, 2.05) is 0 Å². The number of rotatable bonds is 2. The van der Waals surface area contributed by atoms with E-state index >= 15 is 0 Å². The van der Waals surface area contributed by atoms with Gasteiger partial charge in [0.05, 0.1) is 11.7 Å². The van der Waals surface area contributed by atoms with Crippen LogP contribution in [0.3, 0.4) is 0 Å². The van der Waals surface area contributed by atoms with Crippen LogP contribution in [0.4, 0.5) is 0 Å². The van der Waals surface area contributed by atoms with Crippen LogP contribution in [0, 0.1) is 11.3 Å². The van der Waals surface area contributed by atoms with Crippen molar-refractivity contribution in [3.8, 4) is 0 Å². The zero-order valence-corrected chi connectivity index (χ0v) is 13.8. The highest BCUT2D eigenvalue weighted by molar-refractivity contribution is 4.93. The summed E-state index contributed by atoms with van der Waals surface area (Å²) in [5.74, 6) is 0.899. The predicted molar refractivity (Wildman–Crippen MR) is 81.4 cm³/mol. The number of ether oxygens (including phenoxy) is 1. The minimum Gasteiger partial charge on any atom is -0.373 e. The molecule has 112 valence electrons. The molecule has 2 fully saturated rings. The molecule has 0 bridgehead atoms. The lowest BCUT2D eigenvalue weighted by molar-refractivity contribution is -0.0918. The molecule has 2 aliphatic rings. The van der Waals surface area contributed by atoms with Crippen molar-refractivity contribution in [2.24, 2.45) is 11.3 Å². The third kappa shape index (κ3) is 4.19. The van der Waals surface area contributed by atoms with Gasteiger partial charge < -0.3 is 4.74 Å². The first-order valence-corrected chi connectivity index (χ1v) is 8.07. The molecule has 0 unspecified atom stereocenters. The fraction of sp³-hybridized carbons (Fsp3) is 1.00. The van der Waals surface area contributed by atoms with Crippen molar-refractivity contribution in [1.29, 1.82) is 0 Å². The van der Waals surface area contributed by atoms with Crippen molar-refractivity contribution in [2.75, 3.05) is 13.1 Å². The first-order valence-electron chi connectivity index (χ1n) is 8.07. The smallest absolute Gasteiger partial charge is 0.0602 e. The summed E-state index contributed by atoms with van der Waals surface area (Å²) in [7, 11) is 0. The Balaban J connectivity index is 1.71. The zero-order chi connectivity index (χ0) is 14.3. The summed E-state index contributed by atoms with van der Waals surface area (Å²) in [6.07, 6.45) is 5.66. The van der Waals surface area contributed by atoms with Gasteiger partial charge in [0.25, 0.3) is 0 Å². The molecule has 1 saturated heterocycles. The van der Waals surface area contributed by atoms with Crippen LogP contribution in [0.15, 0.2) is 0 Å². The maximum atomic E-state index is 6.12. The fourth-order valence-electron chi connectivity index (χ4n) is 3.39. The van der Waals surface area contributed by atoms with Crippen LogP contribution in [-0.2, 0) is 4.74 Å². The summed E-state index contributed by atoms with van der Waals surface area (Å²) in [6.45, 7) is 16.3. The Kier molecular flexibility index (Phi) is 4.32. The summed E-state index contributed by atoms with van der Waals surface area (Å²) in [6, 6.07) is 0.832. The van der Waals surface area contributed by atoms with Gasteiger partial charge in [0.1, 0.15) is 0 Å². The monoisotopic (exact) mass is 267 g/mol. The molecule has 0 radical (unpaired) electrons. The molecule has 0 aromatic carbocycles. The van der Waals surface area contributed by atoms with E-state index in [2.05, 4.69) is 46.4 Å². The van der Waals surface area contributed by atoms with E-state index in [9.17, 15) is 0 Å². The Labute approximate surface area is 119 Å². The minimum atomic E-state index is 0.0194. The Morgan fingerprint density at radius 2 is 1.37 bits per heavy atom. The Morgan fingerprint density at radius 1 is 0.842 bits per heavy atom. The van der Waals surface area contributed by atoms with Gasteiger partial charge in [0.15, 0.2) is 0 Å². The fourth-order valence-corrected chi connectivity index (χ4v) is 3.39. The van der Waals surface area contributed by atoms with E-state index in [0.717, 1.165) is 12.0 Å². The Hall–Kier alpha value is -0.0800. The van der Waals surface area contributed by atoms with Crippen LogP contribution in [0.5, 0.6) is 0 Å². The molecular formula is C17H33NO. The highest BCUT2D eigenvalue weighted by atomic mass is 16.5. The molecule has 2 rings (SSSR count). The molecule has 1 saturated carbocycles. The molecule has 0 aromatic rings. The lowest BCUT2D eigenvalue weighted by atomic mass is 9.74. The van der Waals surface area contributed by atoms with Crippen LogP contribution in [-0.4, -0.2) is 35.7 Å². The SMILES string of the molecule is CC(C)(C)OC1CCC(N2CC(C(C)(C)C)C2)CC1. The largest absolute Gasteiger partial charge is 0.373 e. The van der Waals surface area contributed by atoms with Crippen LogP contribution in [0.1, 0.15) is 67.2 Å². The third-order valence-electron chi connectivity index (χ3n) is 4.81. The van der Waals surface area contributed by atoms with Gasteiger partial charge in [-0.15, -0.1) is 0 Å². The molecule has 0 N–H and O–H groups in total. The van der Waals surface area contributed by atoms with E-state index in [1.165, 1.54) is 38.8 Å². The average Bonchev–Trinajstić information content (AvgIpc) is 2.13. The van der Waals surface area contributed by atoms with Gasteiger partial charge in [-0.3, -0.25) is 4.90 Å². The van der Waals surface area contributed by atoms with Crippen LogP contribution in [0.2, 0.25) is 0 Å². The molecule has 0 amide bonds. The van der Waals surface area contributed by atoms with Crippen molar-refractivity contribution in [2.45, 2.75) is 85.0 Å². The molecule has 0 spiro atoms. The van der Waals surface area contributed by atoms with Crippen LogP contribution >= 0.6 is 0 Å². The molecule has 0 aromatic heterocycles. The molecule has 2 heteroatoms. The van der Waals surface area contributed by atoms with Gasteiger partial charge in [-0.25, -0.2) is 0 Å². The molecule has 0 atom stereocenters. The molecule has 1 aliphatic carbocycles. The second-order valence-corrected chi connectivity index (χ2v) is 8.68. The summed E-state index contributed by atoms with van der Waals surface area (Å²) in [5.41, 5.74) is 0.509. The Bertz CT molecular complexity index is 285. The second kappa shape index (κ2) is 5.37. The van der Waals surface area contributed by atoms with Gasteiger partial charge in [-0.1, -0.05) is 20.8 Å². The summed E-state index contributed by atoms with van der Waals surface area (Å²) in [4.78, 5) is 2.71. The molecule has 1 heterocycles. The topological polar surface area (TPSA) is 12.5 Å². The van der Waals surface area contributed by atoms with Gasteiger partial charge >= 0.3 is 0 Å². The van der Waals surface area contributed by atoms with E-state index in [1.54, 1.807) is 0 Å². The number of hydrogen-bond donors (Lipinski definition) is 0.